The number of hydrogen-bond acceptors (Lipinski definition) is 2. The number of nitrogens with zero attached hydrogens (tertiary/aromatic N) is 2. The lowest BCUT2D eigenvalue weighted by molar-refractivity contribution is 0.670. The molecule has 0 aliphatic carbocycles. The molecule has 9 rings (SSSR count). The zero-order valence-corrected chi connectivity index (χ0v) is 27.8. The molecule has 0 fully saturated rings. The Labute approximate surface area is 295 Å². The molecule has 0 bridgehead atoms. The van der Waals surface area contributed by atoms with E-state index in [9.17, 15) is 0 Å². The van der Waals surface area contributed by atoms with Crippen LogP contribution in [0.1, 0.15) is 16.7 Å². The third-order valence-corrected chi connectivity index (χ3v) is 9.57. The number of para-hydroxylation sites is 1. The van der Waals surface area contributed by atoms with Gasteiger partial charge in [0.25, 0.3) is 0 Å². The van der Waals surface area contributed by atoms with E-state index >= 15 is 0 Å². The molecule has 0 unspecified atom stereocenters. The van der Waals surface area contributed by atoms with E-state index in [0.29, 0.717) is 18.2 Å². The van der Waals surface area contributed by atoms with Gasteiger partial charge in [0.05, 0.1) is 6.54 Å². The summed E-state index contributed by atoms with van der Waals surface area (Å²) in [5.41, 5.74) is 15.7. The molecule has 0 radical (unpaired) electrons. The summed E-state index contributed by atoms with van der Waals surface area (Å²) < 4.78 is 6.54. The van der Waals surface area contributed by atoms with Crippen LogP contribution in [0, 0.1) is 0 Å². The van der Waals surface area contributed by atoms with Gasteiger partial charge in [-0.25, -0.2) is 4.99 Å². The first kappa shape index (κ1) is 30.3. The van der Waals surface area contributed by atoms with E-state index in [1.54, 1.807) is 0 Å². The summed E-state index contributed by atoms with van der Waals surface area (Å²) in [5.74, 6) is 1.02. The van der Waals surface area contributed by atoms with Crippen molar-refractivity contribution in [1.82, 2.24) is 0 Å². The largest absolute Gasteiger partial charge is 0.455 e. The van der Waals surface area contributed by atoms with E-state index in [2.05, 4.69) is 103 Å². The molecular weight excluding hydrogens is 623 g/mol. The second kappa shape index (κ2) is 12.9. The van der Waals surface area contributed by atoms with Crippen molar-refractivity contribution in [1.29, 1.82) is 0 Å². The quantitative estimate of drug-likeness (QED) is 0.143. The first-order chi connectivity index (χ1) is 25.2. The Hall–Kier alpha value is -6.78. The highest BCUT2D eigenvalue weighted by Gasteiger charge is 2.17. The molecule has 4 nitrogen and oxygen atoms in total. The Kier molecular flexibility index (Phi) is 7.67. The zero-order valence-electron chi connectivity index (χ0n) is 27.8. The second-order valence-electron chi connectivity index (χ2n) is 12.8. The molecule has 9 aromatic rings. The summed E-state index contributed by atoms with van der Waals surface area (Å²) in [7, 11) is 0. The van der Waals surface area contributed by atoms with Crippen LogP contribution in [-0.4, -0.2) is 11.7 Å². The van der Waals surface area contributed by atoms with Gasteiger partial charge >= 0.3 is 0 Å². The summed E-state index contributed by atoms with van der Waals surface area (Å²) in [4.78, 5) is 9.96. The lowest BCUT2D eigenvalue weighted by Crippen LogP contribution is -2.16. The number of amidine groups is 2. The van der Waals surface area contributed by atoms with Crippen LogP contribution in [0.25, 0.3) is 65.7 Å². The van der Waals surface area contributed by atoms with E-state index in [1.807, 2.05) is 72.8 Å². The van der Waals surface area contributed by atoms with Crippen LogP contribution < -0.4 is 5.73 Å². The van der Waals surface area contributed by atoms with E-state index in [-0.39, 0.29) is 0 Å². The summed E-state index contributed by atoms with van der Waals surface area (Å²) in [6, 6.07) is 60.8. The molecule has 8 aromatic carbocycles. The minimum atomic E-state index is 0.430. The predicted molar refractivity (Wildman–Crippen MR) is 213 cm³/mol. The molecule has 0 aliphatic rings. The van der Waals surface area contributed by atoms with Crippen LogP contribution in [-0.2, 0) is 6.54 Å². The third-order valence-electron chi connectivity index (χ3n) is 9.57. The van der Waals surface area contributed by atoms with Gasteiger partial charge in [-0.3, -0.25) is 4.99 Å². The second-order valence-corrected chi connectivity index (χ2v) is 12.8. The number of aliphatic imine (C=N–C) groups is 2. The van der Waals surface area contributed by atoms with Crippen molar-refractivity contribution in [2.45, 2.75) is 6.54 Å². The minimum Gasteiger partial charge on any atom is -0.455 e. The number of fused-ring (bicyclic) bond motifs is 5. The molecule has 0 saturated heterocycles. The predicted octanol–water partition coefficient (Wildman–Crippen LogP) is 11.6. The standard InChI is InChI=1S/C47H33N3O/c48-46(33-13-3-1-4-14-33)50-47(34-15-5-2-6-16-34)49-30-38-27-35-17-7-8-18-36(35)28-41(38)31-23-25-32(26-24-31)44-39-20-10-9-19-37(39)29-42-40-21-11-12-22-43(40)51-45(42)44/h1-29H,30H2,(H2,48,49,50). The highest BCUT2D eigenvalue weighted by molar-refractivity contribution is 6.18. The lowest BCUT2D eigenvalue weighted by atomic mass is 9.92. The molecule has 0 spiro atoms. The van der Waals surface area contributed by atoms with E-state index in [0.717, 1.165) is 60.9 Å². The maximum absolute atomic E-state index is 6.54. The van der Waals surface area contributed by atoms with Gasteiger partial charge in [-0.2, -0.15) is 0 Å². The van der Waals surface area contributed by atoms with Crippen LogP contribution >= 0.6 is 0 Å². The Bertz CT molecular complexity index is 2760. The van der Waals surface area contributed by atoms with Crippen molar-refractivity contribution in [2.24, 2.45) is 15.7 Å². The average molecular weight is 656 g/mol. The molecule has 4 heteroatoms. The fourth-order valence-corrected chi connectivity index (χ4v) is 7.04. The van der Waals surface area contributed by atoms with Crippen molar-refractivity contribution in [3.05, 3.63) is 193 Å². The molecular formula is C47H33N3O. The normalized spacial score (nSPS) is 12.3. The van der Waals surface area contributed by atoms with Crippen molar-refractivity contribution < 1.29 is 4.42 Å². The summed E-state index contributed by atoms with van der Waals surface area (Å²) in [6.07, 6.45) is 0. The number of hydrogen-bond donors (Lipinski definition) is 1. The van der Waals surface area contributed by atoms with E-state index < -0.39 is 0 Å². The van der Waals surface area contributed by atoms with Gasteiger partial charge in [0.15, 0.2) is 5.84 Å². The minimum absolute atomic E-state index is 0.430. The molecule has 242 valence electrons. The van der Waals surface area contributed by atoms with Gasteiger partial charge in [0, 0.05) is 27.5 Å². The summed E-state index contributed by atoms with van der Waals surface area (Å²) >= 11 is 0. The highest BCUT2D eigenvalue weighted by Crippen LogP contribution is 2.41. The van der Waals surface area contributed by atoms with Gasteiger partial charge in [0.2, 0.25) is 0 Å². The maximum atomic E-state index is 6.54. The van der Waals surface area contributed by atoms with Gasteiger partial charge < -0.3 is 10.2 Å². The SMILES string of the molecule is NC(=NC(=NCc1cc2ccccc2cc1-c1ccc(-c2c3ccccc3cc3c2oc2ccccc23)cc1)c1ccccc1)c1ccccc1. The molecule has 0 amide bonds. The smallest absolute Gasteiger partial charge is 0.157 e. The number of rotatable bonds is 6. The fourth-order valence-electron chi connectivity index (χ4n) is 7.04. The van der Waals surface area contributed by atoms with Crippen LogP contribution in [0.4, 0.5) is 0 Å². The van der Waals surface area contributed by atoms with Crippen molar-refractivity contribution in [3.63, 3.8) is 0 Å². The van der Waals surface area contributed by atoms with Crippen molar-refractivity contribution in [3.8, 4) is 22.3 Å². The first-order valence-electron chi connectivity index (χ1n) is 17.1. The lowest BCUT2D eigenvalue weighted by Gasteiger charge is -2.13. The van der Waals surface area contributed by atoms with Crippen molar-refractivity contribution >= 4 is 55.2 Å². The Balaban J connectivity index is 1.16. The average Bonchev–Trinajstić information content (AvgIpc) is 3.57. The third kappa shape index (κ3) is 5.73. The molecule has 0 atom stereocenters. The maximum Gasteiger partial charge on any atom is 0.157 e. The molecule has 0 saturated carbocycles. The van der Waals surface area contributed by atoms with Crippen LogP contribution in [0.2, 0.25) is 0 Å². The van der Waals surface area contributed by atoms with E-state index in [1.165, 1.54) is 21.5 Å². The van der Waals surface area contributed by atoms with Crippen LogP contribution in [0.15, 0.2) is 190 Å². The number of benzene rings is 8. The highest BCUT2D eigenvalue weighted by atomic mass is 16.3. The Morgan fingerprint density at radius 3 is 1.84 bits per heavy atom. The van der Waals surface area contributed by atoms with Crippen LogP contribution in [0.5, 0.6) is 0 Å². The Morgan fingerprint density at radius 2 is 1.10 bits per heavy atom. The molecule has 51 heavy (non-hydrogen) atoms. The molecule has 1 heterocycles. The van der Waals surface area contributed by atoms with Crippen molar-refractivity contribution in [2.75, 3.05) is 0 Å². The topological polar surface area (TPSA) is 63.9 Å². The number of furan rings is 1. The van der Waals surface area contributed by atoms with Crippen LogP contribution in [0.3, 0.4) is 0 Å². The summed E-state index contributed by atoms with van der Waals surface area (Å²) in [5, 5.41) is 6.96. The molecule has 0 aliphatic heterocycles. The fraction of sp³-hybridized carbons (Fsp3) is 0.0213. The monoisotopic (exact) mass is 655 g/mol. The zero-order chi connectivity index (χ0) is 34.1. The number of nitrogens with two attached hydrogens (primary N) is 1. The first-order valence-corrected chi connectivity index (χ1v) is 17.1. The molecule has 2 N–H and O–H groups in total. The van der Waals surface area contributed by atoms with Gasteiger partial charge in [-0.15, -0.1) is 0 Å². The van der Waals surface area contributed by atoms with Gasteiger partial charge in [-0.1, -0.05) is 152 Å². The molecule has 1 aromatic heterocycles. The Morgan fingerprint density at radius 1 is 0.510 bits per heavy atom. The van der Waals surface area contributed by atoms with Gasteiger partial charge in [0.1, 0.15) is 17.0 Å². The van der Waals surface area contributed by atoms with Gasteiger partial charge in [-0.05, 0) is 68.1 Å². The summed E-state index contributed by atoms with van der Waals surface area (Å²) in [6.45, 7) is 0.431. The van der Waals surface area contributed by atoms with E-state index in [4.69, 9.17) is 20.1 Å².